The fraction of sp³-hybridized carbons (Fsp3) is 0.368. The minimum Gasteiger partial charge on any atom is -0.492 e. The van der Waals surface area contributed by atoms with Gasteiger partial charge < -0.3 is 4.74 Å². The molecular weight excluding hydrogens is 446 g/mol. The van der Waals surface area contributed by atoms with Crippen LogP contribution in [0.2, 0.25) is 0 Å². The highest BCUT2D eigenvalue weighted by Gasteiger charge is 2.17. The van der Waals surface area contributed by atoms with Crippen LogP contribution in [0.3, 0.4) is 0 Å². The number of halogens is 2. The molecule has 0 saturated heterocycles. The van der Waals surface area contributed by atoms with Crippen LogP contribution in [0.25, 0.3) is 11.0 Å². The molecule has 6 heteroatoms. The van der Waals surface area contributed by atoms with Crippen LogP contribution in [-0.4, -0.2) is 21.6 Å². The molecule has 0 saturated carbocycles. The molecule has 4 nitrogen and oxygen atoms in total. The van der Waals surface area contributed by atoms with Gasteiger partial charge in [0.25, 0.3) is 0 Å². The van der Waals surface area contributed by atoms with E-state index in [0.717, 1.165) is 38.7 Å². The van der Waals surface area contributed by atoms with Crippen molar-refractivity contribution in [3.05, 3.63) is 50.9 Å². The standard InChI is InChI=1S/C19H21Br2N3O/c1-19(2,3)12-24-15-7-8-16(17(21)18(15)22-23-24)25-10-9-13-5-4-6-14(20)11-13/h4-8,11H,9-10,12H2,1-3H3. The average Bonchev–Trinajstić information content (AvgIpc) is 2.91. The van der Waals surface area contributed by atoms with Crippen LogP contribution in [0, 0.1) is 5.41 Å². The first kappa shape index (κ1) is 18.4. The van der Waals surface area contributed by atoms with E-state index in [2.05, 4.69) is 75.1 Å². The van der Waals surface area contributed by atoms with Crippen LogP contribution in [0.1, 0.15) is 26.3 Å². The van der Waals surface area contributed by atoms with Crippen molar-refractivity contribution in [1.82, 2.24) is 15.0 Å². The molecule has 0 N–H and O–H groups in total. The smallest absolute Gasteiger partial charge is 0.135 e. The van der Waals surface area contributed by atoms with Gasteiger partial charge >= 0.3 is 0 Å². The Labute approximate surface area is 164 Å². The third-order valence-corrected chi connectivity index (χ3v) is 5.01. The Morgan fingerprint density at radius 2 is 1.92 bits per heavy atom. The molecule has 1 heterocycles. The summed E-state index contributed by atoms with van der Waals surface area (Å²) in [6.45, 7) is 7.99. The molecule has 0 radical (unpaired) electrons. The molecule has 0 aliphatic carbocycles. The molecule has 2 aromatic carbocycles. The second-order valence-electron chi connectivity index (χ2n) is 7.28. The molecule has 0 bridgehead atoms. The summed E-state index contributed by atoms with van der Waals surface area (Å²) >= 11 is 7.12. The Kier molecular flexibility index (Phi) is 5.49. The summed E-state index contributed by atoms with van der Waals surface area (Å²) in [5.41, 5.74) is 3.24. The summed E-state index contributed by atoms with van der Waals surface area (Å²) in [4.78, 5) is 0. The molecule has 0 aliphatic heterocycles. The number of fused-ring (bicyclic) bond motifs is 1. The fourth-order valence-electron chi connectivity index (χ4n) is 2.64. The van der Waals surface area contributed by atoms with Gasteiger partial charge in [-0.2, -0.15) is 0 Å². The zero-order valence-electron chi connectivity index (χ0n) is 14.6. The number of benzene rings is 2. The summed E-state index contributed by atoms with van der Waals surface area (Å²) in [5.74, 6) is 0.797. The van der Waals surface area contributed by atoms with Crippen LogP contribution >= 0.6 is 31.9 Å². The lowest BCUT2D eigenvalue weighted by molar-refractivity contribution is 0.320. The van der Waals surface area contributed by atoms with Crippen molar-refractivity contribution in [3.8, 4) is 5.75 Å². The first-order chi connectivity index (χ1) is 11.8. The zero-order chi connectivity index (χ0) is 18.0. The second kappa shape index (κ2) is 7.46. The predicted molar refractivity (Wildman–Crippen MR) is 108 cm³/mol. The van der Waals surface area contributed by atoms with Crippen molar-refractivity contribution >= 4 is 42.9 Å². The minimum absolute atomic E-state index is 0.145. The van der Waals surface area contributed by atoms with Gasteiger partial charge in [0, 0.05) is 17.4 Å². The lowest BCUT2D eigenvalue weighted by Crippen LogP contribution is -2.16. The monoisotopic (exact) mass is 465 g/mol. The number of hydrogen-bond donors (Lipinski definition) is 0. The van der Waals surface area contributed by atoms with Crippen molar-refractivity contribution in [2.24, 2.45) is 5.41 Å². The van der Waals surface area contributed by atoms with Gasteiger partial charge in [-0.1, -0.05) is 54.0 Å². The van der Waals surface area contributed by atoms with Crippen LogP contribution < -0.4 is 4.74 Å². The summed E-state index contributed by atoms with van der Waals surface area (Å²) in [7, 11) is 0. The summed E-state index contributed by atoms with van der Waals surface area (Å²) in [5, 5.41) is 8.62. The molecular formula is C19H21Br2N3O. The number of hydrogen-bond acceptors (Lipinski definition) is 3. The molecule has 132 valence electrons. The largest absolute Gasteiger partial charge is 0.492 e. The molecule has 0 unspecified atom stereocenters. The maximum Gasteiger partial charge on any atom is 0.135 e. The summed E-state index contributed by atoms with van der Waals surface area (Å²) < 4.78 is 9.86. The van der Waals surface area contributed by atoms with Gasteiger partial charge in [-0.05, 0) is 51.2 Å². The van der Waals surface area contributed by atoms with Crippen molar-refractivity contribution in [3.63, 3.8) is 0 Å². The highest BCUT2D eigenvalue weighted by molar-refractivity contribution is 9.11. The molecule has 3 aromatic rings. The van der Waals surface area contributed by atoms with E-state index in [1.165, 1.54) is 5.56 Å². The van der Waals surface area contributed by atoms with E-state index in [4.69, 9.17) is 4.74 Å². The summed E-state index contributed by atoms with van der Waals surface area (Å²) in [6, 6.07) is 12.3. The molecule has 0 atom stereocenters. The Hall–Kier alpha value is -1.40. The summed E-state index contributed by atoms with van der Waals surface area (Å²) in [6.07, 6.45) is 0.848. The highest BCUT2D eigenvalue weighted by Crippen LogP contribution is 2.32. The topological polar surface area (TPSA) is 39.9 Å². The van der Waals surface area contributed by atoms with E-state index in [0.29, 0.717) is 6.61 Å². The van der Waals surface area contributed by atoms with Crippen LogP contribution in [-0.2, 0) is 13.0 Å². The third kappa shape index (κ3) is 4.61. The number of nitrogens with zero attached hydrogens (tertiary/aromatic N) is 3. The Morgan fingerprint density at radius 1 is 1.12 bits per heavy atom. The van der Waals surface area contributed by atoms with Gasteiger partial charge in [-0.15, -0.1) is 5.10 Å². The van der Waals surface area contributed by atoms with Gasteiger partial charge in [0.15, 0.2) is 0 Å². The van der Waals surface area contributed by atoms with Crippen LogP contribution in [0.5, 0.6) is 5.75 Å². The third-order valence-electron chi connectivity index (χ3n) is 3.75. The lowest BCUT2D eigenvalue weighted by atomic mass is 9.97. The minimum atomic E-state index is 0.145. The van der Waals surface area contributed by atoms with Crippen molar-refractivity contribution in [2.45, 2.75) is 33.7 Å². The molecule has 0 spiro atoms. The predicted octanol–water partition coefficient (Wildman–Crippen LogP) is 5.62. The number of aromatic nitrogens is 3. The van der Waals surface area contributed by atoms with Crippen molar-refractivity contribution < 1.29 is 4.74 Å². The lowest BCUT2D eigenvalue weighted by Gasteiger charge is -2.18. The van der Waals surface area contributed by atoms with Crippen LogP contribution in [0.15, 0.2) is 45.3 Å². The average molecular weight is 467 g/mol. The zero-order valence-corrected chi connectivity index (χ0v) is 17.8. The quantitative estimate of drug-likeness (QED) is 0.489. The van der Waals surface area contributed by atoms with E-state index in [9.17, 15) is 0 Å². The highest BCUT2D eigenvalue weighted by atomic mass is 79.9. The molecule has 0 amide bonds. The first-order valence-electron chi connectivity index (χ1n) is 8.22. The van der Waals surface area contributed by atoms with Gasteiger partial charge in [0.1, 0.15) is 11.3 Å². The van der Waals surface area contributed by atoms with Crippen molar-refractivity contribution in [1.29, 1.82) is 0 Å². The Bertz CT molecular complexity index is 884. The molecule has 25 heavy (non-hydrogen) atoms. The van der Waals surface area contributed by atoms with Gasteiger partial charge in [-0.3, -0.25) is 0 Å². The maximum atomic E-state index is 5.96. The maximum absolute atomic E-state index is 5.96. The van der Waals surface area contributed by atoms with E-state index in [1.807, 2.05) is 28.9 Å². The molecule has 3 rings (SSSR count). The second-order valence-corrected chi connectivity index (χ2v) is 8.99. The van der Waals surface area contributed by atoms with E-state index < -0.39 is 0 Å². The first-order valence-corrected chi connectivity index (χ1v) is 9.81. The number of ether oxygens (including phenoxy) is 1. The van der Waals surface area contributed by atoms with E-state index in [1.54, 1.807) is 0 Å². The van der Waals surface area contributed by atoms with Gasteiger partial charge in [0.2, 0.25) is 0 Å². The Balaban J connectivity index is 1.73. The van der Waals surface area contributed by atoms with Crippen LogP contribution in [0.4, 0.5) is 0 Å². The molecule has 0 fully saturated rings. The van der Waals surface area contributed by atoms with E-state index >= 15 is 0 Å². The van der Waals surface area contributed by atoms with Gasteiger partial charge in [0.05, 0.1) is 16.6 Å². The van der Waals surface area contributed by atoms with Crippen molar-refractivity contribution in [2.75, 3.05) is 6.61 Å². The SMILES string of the molecule is CC(C)(C)Cn1nnc2c(Br)c(OCCc3cccc(Br)c3)ccc21. The number of rotatable bonds is 5. The normalized spacial score (nSPS) is 11.9. The van der Waals surface area contributed by atoms with Gasteiger partial charge in [-0.25, -0.2) is 4.68 Å². The van der Waals surface area contributed by atoms with E-state index in [-0.39, 0.29) is 5.41 Å². The molecule has 0 aliphatic rings. The molecule has 1 aromatic heterocycles. The Morgan fingerprint density at radius 3 is 2.64 bits per heavy atom. The fourth-order valence-corrected chi connectivity index (χ4v) is 3.61.